The number of nitrogens with one attached hydrogen (secondary N) is 1. The predicted molar refractivity (Wildman–Crippen MR) is 36.6 cm³/mol. The van der Waals surface area contributed by atoms with Crippen LogP contribution in [0.25, 0.3) is 0 Å². The Balaban J connectivity index is 2.80. The van der Waals surface area contributed by atoms with Crippen LogP contribution in [-0.2, 0) is 0 Å². The van der Waals surface area contributed by atoms with Gasteiger partial charge in [-0.05, 0) is 19.4 Å². The lowest BCUT2D eigenvalue weighted by molar-refractivity contribution is -0.242. The second-order valence-corrected chi connectivity index (χ2v) is 3.26. The van der Waals surface area contributed by atoms with Gasteiger partial charge >= 0.3 is 12.4 Å². The fraction of sp³-hybridized carbons (Fsp3) is 1.00. The van der Waals surface area contributed by atoms with Crippen molar-refractivity contribution in [1.82, 2.24) is 5.32 Å². The van der Waals surface area contributed by atoms with Crippen LogP contribution in [-0.4, -0.2) is 24.9 Å². The van der Waals surface area contributed by atoms with Gasteiger partial charge in [0, 0.05) is 0 Å². The molecular formula is C7H9F6N. The Labute approximate surface area is 76.5 Å². The number of hydrogen-bond donors (Lipinski definition) is 1. The summed E-state index contributed by atoms with van der Waals surface area (Å²) in [5.74, 6) is -2.31. The summed E-state index contributed by atoms with van der Waals surface area (Å²) < 4.78 is 73.0. The standard InChI is InChI=1S/C7H9F6N/c8-6(9,10)4-2-1-3-14-5(4)7(11,12)13/h4-5,14H,1-3H2/t4-,5+/m0/s1. The van der Waals surface area contributed by atoms with Crippen LogP contribution in [0.3, 0.4) is 0 Å². The largest absolute Gasteiger partial charge is 0.404 e. The Kier molecular flexibility index (Phi) is 2.99. The number of piperidine rings is 1. The summed E-state index contributed by atoms with van der Waals surface area (Å²) in [5.41, 5.74) is 0. The minimum atomic E-state index is -4.83. The molecule has 0 aromatic rings. The van der Waals surface area contributed by atoms with E-state index in [4.69, 9.17) is 0 Å². The molecule has 84 valence electrons. The second kappa shape index (κ2) is 3.60. The molecular weight excluding hydrogens is 212 g/mol. The van der Waals surface area contributed by atoms with Crippen molar-refractivity contribution in [2.75, 3.05) is 6.54 Å². The van der Waals surface area contributed by atoms with E-state index in [2.05, 4.69) is 0 Å². The molecule has 1 saturated heterocycles. The highest BCUT2D eigenvalue weighted by atomic mass is 19.4. The maximum Gasteiger partial charge on any atom is 0.404 e. The highest BCUT2D eigenvalue weighted by Crippen LogP contribution is 2.40. The summed E-state index contributed by atoms with van der Waals surface area (Å²) in [5, 5.41) is 1.87. The topological polar surface area (TPSA) is 12.0 Å². The van der Waals surface area contributed by atoms with Crippen LogP contribution in [0.1, 0.15) is 12.8 Å². The van der Waals surface area contributed by atoms with Gasteiger partial charge in [-0.2, -0.15) is 26.3 Å². The number of alkyl halides is 6. The van der Waals surface area contributed by atoms with Crippen LogP contribution < -0.4 is 5.32 Å². The molecule has 0 aromatic heterocycles. The van der Waals surface area contributed by atoms with Gasteiger partial charge in [-0.3, -0.25) is 0 Å². The highest BCUT2D eigenvalue weighted by molar-refractivity contribution is 4.90. The van der Waals surface area contributed by atoms with Crippen molar-refractivity contribution in [3.63, 3.8) is 0 Å². The Morgan fingerprint density at radius 3 is 1.86 bits per heavy atom. The van der Waals surface area contributed by atoms with E-state index < -0.39 is 30.7 Å². The first-order chi connectivity index (χ1) is 6.23. The van der Waals surface area contributed by atoms with E-state index in [1.807, 2.05) is 5.32 Å². The molecule has 1 rings (SSSR count). The van der Waals surface area contributed by atoms with Crippen LogP contribution >= 0.6 is 0 Å². The van der Waals surface area contributed by atoms with Crippen molar-refractivity contribution in [3.05, 3.63) is 0 Å². The van der Waals surface area contributed by atoms with Gasteiger partial charge in [0.2, 0.25) is 0 Å². The molecule has 1 heterocycles. The van der Waals surface area contributed by atoms with Gasteiger partial charge < -0.3 is 5.32 Å². The van der Waals surface area contributed by atoms with Gasteiger partial charge in [-0.15, -0.1) is 0 Å². The van der Waals surface area contributed by atoms with E-state index in [-0.39, 0.29) is 13.0 Å². The van der Waals surface area contributed by atoms with Crippen LogP contribution in [0.2, 0.25) is 0 Å². The predicted octanol–water partition coefficient (Wildman–Crippen LogP) is 2.48. The maximum atomic E-state index is 12.2. The van der Waals surface area contributed by atoms with Crippen molar-refractivity contribution >= 4 is 0 Å². The molecule has 0 aliphatic carbocycles. The average molecular weight is 221 g/mol. The SMILES string of the molecule is FC(F)(F)[C@@H]1NCCC[C@@H]1C(F)(F)F. The molecule has 0 bridgehead atoms. The average Bonchev–Trinajstić information content (AvgIpc) is 2.01. The monoisotopic (exact) mass is 221 g/mol. The van der Waals surface area contributed by atoms with Gasteiger partial charge in [0.05, 0.1) is 5.92 Å². The van der Waals surface area contributed by atoms with Gasteiger partial charge in [0.25, 0.3) is 0 Å². The smallest absolute Gasteiger partial charge is 0.306 e. The van der Waals surface area contributed by atoms with E-state index in [1.54, 1.807) is 0 Å². The van der Waals surface area contributed by atoms with Crippen LogP contribution in [0.4, 0.5) is 26.3 Å². The first kappa shape index (κ1) is 11.6. The molecule has 0 aromatic carbocycles. The summed E-state index contributed by atoms with van der Waals surface area (Å²) in [7, 11) is 0. The van der Waals surface area contributed by atoms with E-state index in [9.17, 15) is 26.3 Å². The lowest BCUT2D eigenvalue weighted by atomic mass is 9.90. The van der Waals surface area contributed by atoms with Crippen molar-refractivity contribution in [3.8, 4) is 0 Å². The molecule has 14 heavy (non-hydrogen) atoms. The zero-order valence-corrected chi connectivity index (χ0v) is 7.04. The maximum absolute atomic E-state index is 12.2. The van der Waals surface area contributed by atoms with Gasteiger partial charge in [0.15, 0.2) is 0 Å². The third-order valence-corrected chi connectivity index (χ3v) is 2.23. The first-order valence-corrected chi connectivity index (χ1v) is 4.10. The first-order valence-electron chi connectivity index (χ1n) is 4.10. The molecule has 1 aliphatic rings. The summed E-state index contributed by atoms with van der Waals surface area (Å²) in [6, 6.07) is -2.45. The molecule has 0 saturated carbocycles. The zero-order valence-electron chi connectivity index (χ0n) is 7.04. The van der Waals surface area contributed by atoms with Crippen molar-refractivity contribution < 1.29 is 26.3 Å². The molecule has 0 radical (unpaired) electrons. The number of halogens is 6. The van der Waals surface area contributed by atoms with E-state index in [0.717, 1.165) is 0 Å². The minimum Gasteiger partial charge on any atom is -0.306 e. The quantitative estimate of drug-likeness (QED) is 0.619. The second-order valence-electron chi connectivity index (χ2n) is 3.26. The minimum absolute atomic E-state index is 0.0171. The highest BCUT2D eigenvalue weighted by Gasteiger charge is 2.55. The Bertz CT molecular complexity index is 173. The lowest BCUT2D eigenvalue weighted by Gasteiger charge is -2.34. The number of rotatable bonds is 0. The fourth-order valence-corrected chi connectivity index (χ4v) is 1.58. The van der Waals surface area contributed by atoms with Gasteiger partial charge in [0.1, 0.15) is 6.04 Å². The van der Waals surface area contributed by atoms with Crippen molar-refractivity contribution in [2.45, 2.75) is 31.2 Å². The fourth-order valence-electron chi connectivity index (χ4n) is 1.58. The summed E-state index contributed by atoms with van der Waals surface area (Å²) in [6.07, 6.45) is -9.95. The van der Waals surface area contributed by atoms with Crippen LogP contribution in [0.15, 0.2) is 0 Å². The lowest BCUT2D eigenvalue weighted by Crippen LogP contribution is -2.55. The van der Waals surface area contributed by atoms with E-state index >= 15 is 0 Å². The molecule has 2 atom stereocenters. The molecule has 7 heteroatoms. The third-order valence-electron chi connectivity index (χ3n) is 2.23. The molecule has 1 fully saturated rings. The molecule has 0 unspecified atom stereocenters. The Morgan fingerprint density at radius 1 is 0.929 bits per heavy atom. The Hall–Kier alpha value is -0.460. The molecule has 1 aliphatic heterocycles. The van der Waals surface area contributed by atoms with Crippen molar-refractivity contribution in [2.24, 2.45) is 5.92 Å². The summed E-state index contributed by atoms with van der Waals surface area (Å²) >= 11 is 0. The van der Waals surface area contributed by atoms with Crippen LogP contribution in [0, 0.1) is 5.92 Å². The normalized spacial score (nSPS) is 30.4. The Morgan fingerprint density at radius 2 is 1.50 bits per heavy atom. The zero-order chi connectivity index (χ0) is 11.0. The summed E-state index contributed by atoms with van der Waals surface area (Å²) in [4.78, 5) is 0. The van der Waals surface area contributed by atoms with E-state index in [0.29, 0.717) is 0 Å². The third kappa shape index (κ3) is 2.52. The van der Waals surface area contributed by atoms with Crippen LogP contribution in [0.5, 0.6) is 0 Å². The van der Waals surface area contributed by atoms with Gasteiger partial charge in [-0.25, -0.2) is 0 Å². The van der Waals surface area contributed by atoms with E-state index in [1.165, 1.54) is 0 Å². The molecule has 1 N–H and O–H groups in total. The number of hydrogen-bond acceptors (Lipinski definition) is 1. The molecule has 0 amide bonds. The van der Waals surface area contributed by atoms with Gasteiger partial charge in [-0.1, -0.05) is 0 Å². The molecule has 0 spiro atoms. The van der Waals surface area contributed by atoms with Crippen molar-refractivity contribution in [1.29, 1.82) is 0 Å². The molecule has 1 nitrogen and oxygen atoms in total. The summed E-state index contributed by atoms with van der Waals surface area (Å²) in [6.45, 7) is -0.0171.